The van der Waals surface area contributed by atoms with Gasteiger partial charge in [0.1, 0.15) is 6.10 Å². The maximum atomic E-state index is 10.8. The zero-order valence-corrected chi connectivity index (χ0v) is 9.76. The van der Waals surface area contributed by atoms with Crippen LogP contribution in [0.4, 0.5) is 5.69 Å². The molecular formula is C11H12ClNO4. The average molecular weight is 258 g/mol. The second-order valence-electron chi connectivity index (χ2n) is 4.00. The lowest BCUT2D eigenvalue weighted by Gasteiger charge is -2.17. The van der Waals surface area contributed by atoms with E-state index in [2.05, 4.69) is 0 Å². The normalized spacial score (nSPS) is 23.6. The van der Waals surface area contributed by atoms with Crippen LogP contribution in [0.25, 0.3) is 0 Å². The summed E-state index contributed by atoms with van der Waals surface area (Å²) in [5.74, 6) is 0.0464. The molecule has 5 nitrogen and oxygen atoms in total. The lowest BCUT2D eigenvalue weighted by Crippen LogP contribution is -2.26. The van der Waals surface area contributed by atoms with Crippen LogP contribution in [0.2, 0.25) is 5.02 Å². The Bertz CT molecular complexity index is 437. The van der Waals surface area contributed by atoms with Gasteiger partial charge in [0.05, 0.1) is 16.0 Å². The Morgan fingerprint density at radius 3 is 2.82 bits per heavy atom. The Morgan fingerprint density at radius 2 is 2.24 bits per heavy atom. The van der Waals surface area contributed by atoms with Gasteiger partial charge in [0.2, 0.25) is 5.75 Å². The van der Waals surface area contributed by atoms with Crippen molar-refractivity contribution in [3.8, 4) is 5.75 Å². The van der Waals surface area contributed by atoms with Crippen molar-refractivity contribution in [3.63, 3.8) is 0 Å². The maximum absolute atomic E-state index is 10.8. The number of aliphatic hydroxyl groups excluding tert-OH is 1. The van der Waals surface area contributed by atoms with Crippen LogP contribution in [0.1, 0.15) is 19.3 Å². The molecule has 92 valence electrons. The number of ether oxygens (including phenoxy) is 1. The predicted octanol–water partition coefficient (Wildman–Crippen LogP) is 2.54. The molecule has 2 atom stereocenters. The molecule has 1 fully saturated rings. The van der Waals surface area contributed by atoms with Gasteiger partial charge in [0.25, 0.3) is 0 Å². The van der Waals surface area contributed by atoms with Crippen LogP contribution in [0, 0.1) is 10.1 Å². The molecule has 1 N–H and O–H groups in total. The molecule has 17 heavy (non-hydrogen) atoms. The summed E-state index contributed by atoms with van der Waals surface area (Å²) >= 11 is 5.89. The SMILES string of the molecule is O=[N+]([O-])c1cccc(Cl)c1OC1CCCC1O. The van der Waals surface area contributed by atoms with Crippen LogP contribution in [0.3, 0.4) is 0 Å². The van der Waals surface area contributed by atoms with Gasteiger partial charge in [-0.1, -0.05) is 17.7 Å². The Kier molecular flexibility index (Phi) is 3.49. The second-order valence-corrected chi connectivity index (χ2v) is 4.41. The Hall–Kier alpha value is -1.33. The lowest BCUT2D eigenvalue weighted by atomic mass is 10.2. The van der Waals surface area contributed by atoms with Crippen molar-refractivity contribution in [1.82, 2.24) is 0 Å². The Balaban J connectivity index is 2.27. The second kappa shape index (κ2) is 4.89. The summed E-state index contributed by atoms with van der Waals surface area (Å²) in [5.41, 5.74) is -0.170. The number of para-hydroxylation sites is 1. The molecule has 0 spiro atoms. The van der Waals surface area contributed by atoms with E-state index in [9.17, 15) is 15.2 Å². The third-order valence-corrected chi connectivity index (χ3v) is 3.13. The molecule has 1 aromatic rings. The number of benzene rings is 1. The number of hydrogen-bond donors (Lipinski definition) is 1. The zero-order chi connectivity index (χ0) is 12.4. The highest BCUT2D eigenvalue weighted by molar-refractivity contribution is 6.32. The van der Waals surface area contributed by atoms with Crippen LogP contribution in [-0.2, 0) is 0 Å². The van der Waals surface area contributed by atoms with Gasteiger partial charge < -0.3 is 9.84 Å². The third-order valence-electron chi connectivity index (χ3n) is 2.83. The number of nitro benzene ring substituents is 1. The van der Waals surface area contributed by atoms with E-state index in [-0.39, 0.29) is 16.5 Å². The highest BCUT2D eigenvalue weighted by atomic mass is 35.5. The standard InChI is InChI=1S/C11H12ClNO4/c12-7-3-1-4-8(13(15)16)11(7)17-10-6-2-5-9(10)14/h1,3-4,9-10,14H,2,5-6H2. The number of halogens is 1. The Labute approximate surface area is 103 Å². The van der Waals surface area contributed by atoms with Gasteiger partial charge in [-0.05, 0) is 25.3 Å². The third kappa shape index (κ3) is 2.50. The summed E-state index contributed by atoms with van der Waals surface area (Å²) in [6.45, 7) is 0. The van der Waals surface area contributed by atoms with Gasteiger partial charge >= 0.3 is 5.69 Å². The molecule has 0 aromatic heterocycles. The molecule has 0 bridgehead atoms. The van der Waals surface area contributed by atoms with E-state index in [0.29, 0.717) is 12.8 Å². The molecule has 1 aliphatic carbocycles. The van der Waals surface area contributed by atoms with Crippen LogP contribution < -0.4 is 4.74 Å². The fourth-order valence-electron chi connectivity index (χ4n) is 1.95. The predicted molar refractivity (Wildman–Crippen MR) is 62.4 cm³/mol. The minimum Gasteiger partial charge on any atom is -0.480 e. The van der Waals surface area contributed by atoms with Crippen LogP contribution in [0.5, 0.6) is 5.75 Å². The molecule has 1 aliphatic rings. The number of hydrogen-bond acceptors (Lipinski definition) is 4. The Morgan fingerprint density at radius 1 is 1.47 bits per heavy atom. The quantitative estimate of drug-likeness (QED) is 0.667. The van der Waals surface area contributed by atoms with Crippen molar-refractivity contribution in [1.29, 1.82) is 0 Å². The van der Waals surface area contributed by atoms with Gasteiger partial charge in [-0.3, -0.25) is 10.1 Å². The fraction of sp³-hybridized carbons (Fsp3) is 0.455. The molecule has 0 saturated heterocycles. The van der Waals surface area contributed by atoms with Crippen molar-refractivity contribution < 1.29 is 14.8 Å². The summed E-state index contributed by atoms with van der Waals surface area (Å²) in [7, 11) is 0. The number of nitro groups is 1. The van der Waals surface area contributed by atoms with E-state index in [1.165, 1.54) is 18.2 Å². The van der Waals surface area contributed by atoms with E-state index in [1.807, 2.05) is 0 Å². The lowest BCUT2D eigenvalue weighted by molar-refractivity contribution is -0.386. The van der Waals surface area contributed by atoms with Gasteiger partial charge in [0.15, 0.2) is 0 Å². The van der Waals surface area contributed by atoms with Gasteiger partial charge in [0, 0.05) is 6.07 Å². The van der Waals surface area contributed by atoms with Crippen molar-refractivity contribution in [3.05, 3.63) is 33.3 Å². The molecule has 2 unspecified atom stereocenters. The average Bonchev–Trinajstić information content (AvgIpc) is 2.67. The first-order valence-electron chi connectivity index (χ1n) is 5.37. The van der Waals surface area contributed by atoms with Gasteiger partial charge in [-0.15, -0.1) is 0 Å². The van der Waals surface area contributed by atoms with Crippen LogP contribution in [0.15, 0.2) is 18.2 Å². The van der Waals surface area contributed by atoms with Gasteiger partial charge in [-0.2, -0.15) is 0 Å². The summed E-state index contributed by atoms with van der Waals surface area (Å²) in [5, 5.41) is 20.7. The first kappa shape index (κ1) is 12.1. The van der Waals surface area contributed by atoms with Gasteiger partial charge in [-0.25, -0.2) is 0 Å². The van der Waals surface area contributed by atoms with Crippen LogP contribution >= 0.6 is 11.6 Å². The first-order chi connectivity index (χ1) is 8.09. The maximum Gasteiger partial charge on any atom is 0.312 e. The monoisotopic (exact) mass is 257 g/mol. The summed E-state index contributed by atoms with van der Waals surface area (Å²) < 4.78 is 5.49. The van der Waals surface area contributed by atoms with Crippen LogP contribution in [-0.4, -0.2) is 22.2 Å². The van der Waals surface area contributed by atoms with Crippen molar-refractivity contribution in [2.24, 2.45) is 0 Å². The van der Waals surface area contributed by atoms with Crippen molar-refractivity contribution >= 4 is 17.3 Å². The molecule has 1 saturated carbocycles. The molecule has 0 amide bonds. The molecule has 2 rings (SSSR count). The highest BCUT2D eigenvalue weighted by Crippen LogP contribution is 2.37. The molecular weight excluding hydrogens is 246 g/mol. The van der Waals surface area contributed by atoms with E-state index in [1.54, 1.807) is 0 Å². The topological polar surface area (TPSA) is 72.6 Å². The smallest absolute Gasteiger partial charge is 0.312 e. The zero-order valence-electron chi connectivity index (χ0n) is 9.01. The molecule has 6 heteroatoms. The summed E-state index contributed by atoms with van der Waals surface area (Å²) in [6.07, 6.45) is 1.20. The van der Waals surface area contributed by atoms with Crippen molar-refractivity contribution in [2.75, 3.05) is 0 Å². The molecule has 0 aliphatic heterocycles. The number of rotatable bonds is 3. The van der Waals surface area contributed by atoms with E-state index < -0.39 is 17.1 Å². The molecule has 1 aromatic carbocycles. The largest absolute Gasteiger partial charge is 0.480 e. The fourth-order valence-corrected chi connectivity index (χ4v) is 2.17. The highest BCUT2D eigenvalue weighted by Gasteiger charge is 2.30. The first-order valence-corrected chi connectivity index (χ1v) is 5.75. The molecule has 0 radical (unpaired) electrons. The minimum absolute atomic E-state index is 0.0464. The van der Waals surface area contributed by atoms with E-state index in [0.717, 1.165) is 6.42 Å². The minimum atomic E-state index is -0.578. The van der Waals surface area contributed by atoms with E-state index >= 15 is 0 Å². The summed E-state index contributed by atoms with van der Waals surface area (Å²) in [6, 6.07) is 4.37. The molecule has 0 heterocycles. The van der Waals surface area contributed by atoms with Crippen molar-refractivity contribution in [2.45, 2.75) is 31.5 Å². The van der Waals surface area contributed by atoms with E-state index in [4.69, 9.17) is 16.3 Å². The number of nitrogens with zero attached hydrogens (tertiary/aromatic N) is 1. The number of aliphatic hydroxyl groups is 1. The summed E-state index contributed by atoms with van der Waals surface area (Å²) in [4.78, 5) is 10.3.